The molecular weight excluding hydrogens is 390 g/mol. The van der Waals surface area contributed by atoms with Gasteiger partial charge in [-0.2, -0.15) is 4.98 Å². The molecule has 1 heterocycles. The Kier molecular flexibility index (Phi) is 5.54. The van der Waals surface area contributed by atoms with E-state index in [-0.39, 0.29) is 12.5 Å². The molecule has 0 fully saturated rings. The zero-order chi connectivity index (χ0) is 20.1. The zero-order valence-electron chi connectivity index (χ0n) is 15.2. The molecule has 0 saturated carbocycles. The summed E-state index contributed by atoms with van der Waals surface area (Å²) in [6, 6.07) is 23.6. The van der Waals surface area contributed by atoms with E-state index < -0.39 is 0 Å². The fourth-order valence-electron chi connectivity index (χ4n) is 2.71. The normalized spacial score (nSPS) is 10.5. The molecule has 4 aromatic rings. The average Bonchev–Trinajstić information content (AvgIpc) is 3.23. The number of aromatic nitrogens is 2. The first-order chi connectivity index (χ1) is 14.2. The molecule has 0 unspecified atom stereocenters. The van der Waals surface area contributed by atoms with Crippen LogP contribution in [-0.4, -0.2) is 22.7 Å². The molecule has 0 atom stereocenters. The van der Waals surface area contributed by atoms with E-state index in [4.69, 9.17) is 20.9 Å². The van der Waals surface area contributed by atoms with E-state index in [0.717, 1.165) is 5.56 Å². The molecule has 0 aliphatic heterocycles. The van der Waals surface area contributed by atoms with Gasteiger partial charge in [0.1, 0.15) is 5.75 Å². The van der Waals surface area contributed by atoms with Crippen LogP contribution in [0.1, 0.15) is 0 Å². The van der Waals surface area contributed by atoms with Gasteiger partial charge in [-0.15, -0.1) is 0 Å². The van der Waals surface area contributed by atoms with Crippen LogP contribution in [0.15, 0.2) is 83.4 Å². The van der Waals surface area contributed by atoms with E-state index >= 15 is 0 Å². The van der Waals surface area contributed by atoms with Crippen molar-refractivity contribution in [1.29, 1.82) is 0 Å². The number of hydrogen-bond donors (Lipinski definition) is 1. The topological polar surface area (TPSA) is 77.2 Å². The summed E-state index contributed by atoms with van der Waals surface area (Å²) in [5, 5.41) is 7.31. The number of hydrogen-bond acceptors (Lipinski definition) is 5. The number of ether oxygens (including phenoxy) is 1. The van der Waals surface area contributed by atoms with Crippen molar-refractivity contribution in [3.63, 3.8) is 0 Å². The Balaban J connectivity index is 1.47. The molecule has 1 N–H and O–H groups in total. The van der Waals surface area contributed by atoms with Crippen LogP contribution in [0.5, 0.6) is 5.75 Å². The highest BCUT2D eigenvalue weighted by molar-refractivity contribution is 6.30. The lowest BCUT2D eigenvalue weighted by molar-refractivity contribution is -0.118. The molecule has 0 saturated heterocycles. The van der Waals surface area contributed by atoms with Crippen LogP contribution in [-0.2, 0) is 4.79 Å². The molecule has 0 aliphatic rings. The summed E-state index contributed by atoms with van der Waals surface area (Å²) in [4.78, 5) is 16.6. The Hall–Kier alpha value is -3.64. The molecule has 29 heavy (non-hydrogen) atoms. The Morgan fingerprint density at radius 2 is 1.79 bits per heavy atom. The second-order valence-electron chi connectivity index (χ2n) is 6.13. The van der Waals surface area contributed by atoms with Crippen molar-refractivity contribution in [2.75, 3.05) is 11.9 Å². The molecule has 3 aromatic carbocycles. The van der Waals surface area contributed by atoms with E-state index in [9.17, 15) is 4.79 Å². The van der Waals surface area contributed by atoms with Crippen molar-refractivity contribution in [2.45, 2.75) is 0 Å². The minimum Gasteiger partial charge on any atom is -0.483 e. The summed E-state index contributed by atoms with van der Waals surface area (Å²) in [5.41, 5.74) is 2.06. The van der Waals surface area contributed by atoms with Gasteiger partial charge in [0.25, 0.3) is 11.8 Å². The lowest BCUT2D eigenvalue weighted by Crippen LogP contribution is -2.20. The summed E-state index contributed by atoms with van der Waals surface area (Å²) in [5.74, 6) is 0.957. The van der Waals surface area contributed by atoms with Crippen LogP contribution >= 0.6 is 11.6 Å². The van der Waals surface area contributed by atoms with Crippen LogP contribution in [0.25, 0.3) is 22.8 Å². The number of carbonyl (C=O) groups is 1. The second kappa shape index (κ2) is 8.58. The largest absolute Gasteiger partial charge is 0.483 e. The molecule has 1 amide bonds. The Morgan fingerprint density at radius 3 is 2.62 bits per heavy atom. The third kappa shape index (κ3) is 4.62. The fourth-order valence-corrected chi connectivity index (χ4v) is 2.90. The van der Waals surface area contributed by atoms with E-state index in [1.807, 2.05) is 42.5 Å². The number of amides is 1. The maximum absolute atomic E-state index is 12.2. The van der Waals surface area contributed by atoms with Gasteiger partial charge in [-0.05, 0) is 30.3 Å². The smallest absolute Gasteiger partial charge is 0.262 e. The molecule has 0 bridgehead atoms. The van der Waals surface area contributed by atoms with Crippen molar-refractivity contribution in [3.05, 3.63) is 83.9 Å². The molecule has 1 aromatic heterocycles. The van der Waals surface area contributed by atoms with Gasteiger partial charge in [0.15, 0.2) is 6.61 Å². The molecule has 0 spiro atoms. The number of nitrogens with one attached hydrogen (secondary N) is 1. The minimum absolute atomic E-state index is 0.177. The highest BCUT2D eigenvalue weighted by Crippen LogP contribution is 2.30. The first-order valence-corrected chi connectivity index (χ1v) is 9.23. The maximum atomic E-state index is 12.2. The van der Waals surface area contributed by atoms with E-state index in [1.165, 1.54) is 0 Å². The van der Waals surface area contributed by atoms with E-state index in [1.54, 1.807) is 36.4 Å². The number of halogens is 1. The quantitative estimate of drug-likeness (QED) is 0.484. The number of rotatable bonds is 6. The third-order valence-electron chi connectivity index (χ3n) is 4.04. The predicted molar refractivity (Wildman–Crippen MR) is 111 cm³/mol. The van der Waals surface area contributed by atoms with Crippen LogP contribution in [0.4, 0.5) is 5.69 Å². The monoisotopic (exact) mass is 405 g/mol. The summed E-state index contributed by atoms with van der Waals surface area (Å²) in [6.45, 7) is -0.177. The third-order valence-corrected chi connectivity index (χ3v) is 4.28. The highest BCUT2D eigenvalue weighted by Gasteiger charge is 2.15. The van der Waals surface area contributed by atoms with Crippen molar-refractivity contribution in [3.8, 4) is 28.6 Å². The molecule has 0 radical (unpaired) electrons. The lowest BCUT2D eigenvalue weighted by atomic mass is 10.2. The van der Waals surface area contributed by atoms with Crippen LogP contribution in [0, 0.1) is 0 Å². The average molecular weight is 406 g/mol. The first-order valence-electron chi connectivity index (χ1n) is 8.86. The van der Waals surface area contributed by atoms with Gasteiger partial charge in [0, 0.05) is 16.3 Å². The number of para-hydroxylation sites is 1. The summed E-state index contributed by atoms with van der Waals surface area (Å²) in [6.07, 6.45) is 0. The fraction of sp³-hybridized carbons (Fsp3) is 0.0455. The van der Waals surface area contributed by atoms with Crippen LogP contribution in [0.3, 0.4) is 0 Å². The molecule has 0 aliphatic carbocycles. The van der Waals surface area contributed by atoms with Gasteiger partial charge in [0.2, 0.25) is 5.82 Å². The zero-order valence-corrected chi connectivity index (χ0v) is 16.0. The molecule has 144 valence electrons. The Morgan fingerprint density at radius 1 is 1.00 bits per heavy atom. The standard InChI is InChI=1S/C22H16ClN3O3/c23-16-9-6-10-17(13-16)24-20(27)14-28-19-12-5-4-11-18(19)22-25-21(26-29-22)15-7-2-1-3-8-15/h1-13H,14H2,(H,24,27). The van der Waals surface area contributed by atoms with Crippen LogP contribution < -0.4 is 10.1 Å². The van der Waals surface area contributed by atoms with E-state index in [2.05, 4.69) is 15.5 Å². The van der Waals surface area contributed by atoms with Gasteiger partial charge in [0.05, 0.1) is 5.56 Å². The Bertz CT molecular complexity index is 1130. The van der Waals surface area contributed by atoms with Gasteiger partial charge in [-0.3, -0.25) is 4.79 Å². The van der Waals surface area contributed by atoms with Gasteiger partial charge in [-0.25, -0.2) is 0 Å². The van der Waals surface area contributed by atoms with Crippen molar-refractivity contribution >= 4 is 23.2 Å². The van der Waals surface area contributed by atoms with Gasteiger partial charge >= 0.3 is 0 Å². The van der Waals surface area contributed by atoms with Crippen molar-refractivity contribution in [2.24, 2.45) is 0 Å². The number of anilines is 1. The molecular formula is C22H16ClN3O3. The maximum Gasteiger partial charge on any atom is 0.262 e. The molecule has 7 heteroatoms. The summed E-state index contributed by atoms with van der Waals surface area (Å²) in [7, 11) is 0. The predicted octanol–water partition coefficient (Wildman–Crippen LogP) is 5.07. The minimum atomic E-state index is -0.308. The van der Waals surface area contributed by atoms with Gasteiger partial charge < -0.3 is 14.6 Å². The highest BCUT2D eigenvalue weighted by atomic mass is 35.5. The SMILES string of the molecule is O=C(COc1ccccc1-c1nc(-c2ccccc2)no1)Nc1cccc(Cl)c1. The number of benzene rings is 3. The number of carbonyl (C=O) groups excluding carboxylic acids is 1. The molecule has 6 nitrogen and oxygen atoms in total. The summed E-state index contributed by atoms with van der Waals surface area (Å²) < 4.78 is 11.1. The molecule has 4 rings (SSSR count). The first kappa shape index (κ1) is 18.7. The van der Waals surface area contributed by atoms with E-state index in [0.29, 0.717) is 33.7 Å². The number of nitrogens with zero attached hydrogens (tertiary/aromatic N) is 2. The summed E-state index contributed by atoms with van der Waals surface area (Å²) >= 11 is 5.93. The Labute approximate surface area is 172 Å². The van der Waals surface area contributed by atoms with Crippen molar-refractivity contribution in [1.82, 2.24) is 10.1 Å². The second-order valence-corrected chi connectivity index (χ2v) is 6.57. The van der Waals surface area contributed by atoms with Gasteiger partial charge in [-0.1, -0.05) is 65.3 Å². The lowest BCUT2D eigenvalue weighted by Gasteiger charge is -2.09. The van der Waals surface area contributed by atoms with Crippen LogP contribution in [0.2, 0.25) is 5.02 Å². The van der Waals surface area contributed by atoms with Crippen molar-refractivity contribution < 1.29 is 14.1 Å².